The van der Waals surface area contributed by atoms with Crippen LogP contribution in [0.1, 0.15) is 65.7 Å². The van der Waals surface area contributed by atoms with Crippen molar-refractivity contribution >= 4 is 35.5 Å². The Morgan fingerprint density at radius 3 is 2.19 bits per heavy atom. The molecule has 1 aliphatic heterocycles. The molecule has 0 spiro atoms. The van der Waals surface area contributed by atoms with Crippen LogP contribution in [0.3, 0.4) is 0 Å². The van der Waals surface area contributed by atoms with Crippen LogP contribution in [-0.4, -0.2) is 78.2 Å². The van der Waals surface area contributed by atoms with Crippen LogP contribution in [0.4, 0.5) is 4.79 Å². The minimum atomic E-state index is -1.11. The Kier molecular flexibility index (Phi) is 9.14. The Morgan fingerprint density at radius 2 is 1.62 bits per heavy atom. The van der Waals surface area contributed by atoms with Crippen molar-refractivity contribution in [2.45, 2.75) is 83.8 Å². The summed E-state index contributed by atoms with van der Waals surface area (Å²) in [6.07, 6.45) is 5.20. The van der Waals surface area contributed by atoms with E-state index in [4.69, 9.17) is 10.5 Å². The van der Waals surface area contributed by atoms with Gasteiger partial charge in [-0.2, -0.15) is 0 Å². The highest BCUT2D eigenvalue weighted by molar-refractivity contribution is 6.37. The number of hydrogen-bond acceptors (Lipinski definition) is 7. The summed E-state index contributed by atoms with van der Waals surface area (Å²) in [6, 6.07) is -3.55. The molecule has 1 saturated heterocycles. The normalized spacial score (nSPS) is 20.9. The van der Waals surface area contributed by atoms with Crippen molar-refractivity contribution in [2.75, 3.05) is 19.7 Å². The Balaban J connectivity index is 1.60. The summed E-state index contributed by atoms with van der Waals surface area (Å²) in [6.45, 7) is 5.66. The third-order valence-corrected chi connectivity index (χ3v) is 6.94. The van der Waals surface area contributed by atoms with Crippen molar-refractivity contribution < 1.29 is 33.5 Å². The van der Waals surface area contributed by atoms with Crippen molar-refractivity contribution in [2.24, 2.45) is 23.0 Å². The van der Waals surface area contributed by atoms with Gasteiger partial charge in [0.05, 0.1) is 12.6 Å². The van der Waals surface area contributed by atoms with Crippen molar-refractivity contribution in [3.8, 4) is 0 Å². The lowest BCUT2D eigenvalue weighted by molar-refractivity contribution is -0.143. The van der Waals surface area contributed by atoms with Crippen LogP contribution in [0.25, 0.3) is 0 Å². The second kappa shape index (κ2) is 11.9. The van der Waals surface area contributed by atoms with Gasteiger partial charge in [0.1, 0.15) is 18.6 Å². The van der Waals surface area contributed by atoms with E-state index in [2.05, 4.69) is 16.0 Å². The molecule has 0 aromatic rings. The average molecular weight is 522 g/mol. The van der Waals surface area contributed by atoms with E-state index in [0.29, 0.717) is 38.3 Å². The molecular formula is C25H39N5O7. The fraction of sp³-hybridized carbons (Fsp3) is 0.760. The van der Waals surface area contributed by atoms with E-state index in [0.717, 1.165) is 25.7 Å². The van der Waals surface area contributed by atoms with Gasteiger partial charge in [-0.05, 0) is 49.4 Å². The molecule has 206 valence electrons. The second-order valence-corrected chi connectivity index (χ2v) is 11.4. The number of rotatable bonds is 12. The lowest BCUT2D eigenvalue weighted by Crippen LogP contribution is -2.60. The Labute approximate surface area is 216 Å². The Morgan fingerprint density at radius 1 is 0.973 bits per heavy atom. The number of esters is 1. The van der Waals surface area contributed by atoms with Crippen LogP contribution in [0.2, 0.25) is 0 Å². The van der Waals surface area contributed by atoms with Gasteiger partial charge in [-0.15, -0.1) is 0 Å². The SMILES string of the molecule is CC(C)(C)C(NC(=O)NCC(=O)OCC1CC1)C(=O)N1CCC[C@H]1C(=O)NC(CC1CC1)C(=O)C(N)=O. The fourth-order valence-electron chi connectivity index (χ4n) is 4.36. The van der Waals surface area contributed by atoms with Gasteiger partial charge in [-0.25, -0.2) is 4.79 Å². The number of carbonyl (C=O) groups is 6. The Hall–Kier alpha value is -3.18. The number of hydrogen-bond donors (Lipinski definition) is 4. The first kappa shape index (κ1) is 28.4. The first-order chi connectivity index (χ1) is 17.4. The van der Waals surface area contributed by atoms with Crippen molar-refractivity contribution in [1.82, 2.24) is 20.9 Å². The lowest BCUT2D eigenvalue weighted by atomic mass is 9.85. The highest BCUT2D eigenvalue weighted by atomic mass is 16.5. The van der Waals surface area contributed by atoms with E-state index in [1.807, 2.05) is 0 Å². The highest BCUT2D eigenvalue weighted by Gasteiger charge is 2.43. The monoisotopic (exact) mass is 521 g/mol. The molecule has 5 N–H and O–H groups in total. The first-order valence-electron chi connectivity index (χ1n) is 13.0. The van der Waals surface area contributed by atoms with Crippen LogP contribution < -0.4 is 21.7 Å². The predicted octanol–water partition coefficient (Wildman–Crippen LogP) is -0.0162. The van der Waals surface area contributed by atoms with Crippen molar-refractivity contribution in [1.29, 1.82) is 0 Å². The number of likely N-dealkylation sites (tertiary alicyclic amines) is 1. The third-order valence-electron chi connectivity index (χ3n) is 6.94. The van der Waals surface area contributed by atoms with Crippen LogP contribution >= 0.6 is 0 Å². The third kappa shape index (κ3) is 8.43. The molecule has 5 amide bonds. The molecule has 1 heterocycles. The number of primary amides is 1. The molecule has 3 rings (SSSR count). The number of carbonyl (C=O) groups excluding carboxylic acids is 6. The molecule has 3 aliphatic rings. The van der Waals surface area contributed by atoms with E-state index >= 15 is 0 Å². The van der Waals surface area contributed by atoms with Gasteiger partial charge in [-0.3, -0.25) is 24.0 Å². The second-order valence-electron chi connectivity index (χ2n) is 11.4. The van der Waals surface area contributed by atoms with Crippen LogP contribution in [0, 0.1) is 17.3 Å². The maximum Gasteiger partial charge on any atom is 0.325 e. The lowest BCUT2D eigenvalue weighted by Gasteiger charge is -2.35. The summed E-state index contributed by atoms with van der Waals surface area (Å²) in [7, 11) is 0. The summed E-state index contributed by atoms with van der Waals surface area (Å²) < 4.78 is 5.09. The summed E-state index contributed by atoms with van der Waals surface area (Å²) in [5.41, 5.74) is 4.46. The fourth-order valence-corrected chi connectivity index (χ4v) is 4.36. The quantitative estimate of drug-likeness (QED) is 0.206. The van der Waals surface area contributed by atoms with Gasteiger partial charge in [0.15, 0.2) is 0 Å². The molecule has 2 aliphatic carbocycles. The molecule has 12 heteroatoms. The topological polar surface area (TPSA) is 177 Å². The average Bonchev–Trinajstić information content (AvgIpc) is 3.76. The standard InChI is InChI=1S/C25H39N5O7/c1-25(2,3)20(29-24(36)27-12-18(31)37-13-15-8-9-15)23(35)30-10-4-5-17(30)22(34)28-16(11-14-6-7-14)19(32)21(26)33/h14-17,20H,4-13H2,1-3H3,(H2,26,33)(H,28,34)(H2,27,29,36)/t16?,17-,20?/m0/s1. The van der Waals surface area contributed by atoms with Crippen LogP contribution in [0.15, 0.2) is 0 Å². The van der Waals surface area contributed by atoms with Gasteiger partial charge in [-0.1, -0.05) is 33.6 Å². The number of urea groups is 1. The summed E-state index contributed by atoms with van der Waals surface area (Å²) >= 11 is 0. The number of nitrogens with zero attached hydrogens (tertiary/aromatic N) is 1. The number of nitrogens with two attached hydrogens (primary N) is 1. The van der Waals surface area contributed by atoms with Gasteiger partial charge >= 0.3 is 12.0 Å². The van der Waals surface area contributed by atoms with E-state index in [-0.39, 0.29) is 12.5 Å². The molecular weight excluding hydrogens is 482 g/mol. The molecule has 0 aromatic carbocycles. The maximum atomic E-state index is 13.6. The number of amides is 5. The largest absolute Gasteiger partial charge is 0.464 e. The zero-order valence-corrected chi connectivity index (χ0v) is 21.8. The Bertz CT molecular complexity index is 923. The predicted molar refractivity (Wildman–Crippen MR) is 132 cm³/mol. The molecule has 3 fully saturated rings. The van der Waals surface area contributed by atoms with Gasteiger partial charge in [0.25, 0.3) is 5.91 Å². The number of ether oxygens (including phenoxy) is 1. The molecule has 37 heavy (non-hydrogen) atoms. The maximum absolute atomic E-state index is 13.6. The highest BCUT2D eigenvalue weighted by Crippen LogP contribution is 2.34. The smallest absolute Gasteiger partial charge is 0.325 e. The molecule has 2 saturated carbocycles. The van der Waals surface area contributed by atoms with Crippen LogP contribution in [-0.2, 0) is 28.7 Å². The van der Waals surface area contributed by atoms with Crippen molar-refractivity contribution in [3.63, 3.8) is 0 Å². The molecule has 0 bridgehead atoms. The minimum Gasteiger partial charge on any atom is -0.464 e. The minimum absolute atomic E-state index is 0.258. The van der Waals surface area contributed by atoms with E-state index in [1.54, 1.807) is 20.8 Å². The zero-order chi connectivity index (χ0) is 27.3. The first-order valence-corrected chi connectivity index (χ1v) is 13.0. The molecule has 3 atom stereocenters. The molecule has 0 radical (unpaired) electrons. The van der Waals surface area contributed by atoms with Gasteiger partial charge in [0.2, 0.25) is 17.6 Å². The molecule has 0 aromatic heterocycles. The number of nitrogens with one attached hydrogen (secondary N) is 3. The van der Waals surface area contributed by atoms with Gasteiger partial charge in [0, 0.05) is 6.54 Å². The van der Waals surface area contributed by atoms with E-state index < -0.39 is 59.0 Å². The summed E-state index contributed by atoms with van der Waals surface area (Å²) in [5, 5.41) is 7.70. The van der Waals surface area contributed by atoms with Crippen molar-refractivity contribution in [3.05, 3.63) is 0 Å². The molecule has 12 nitrogen and oxygen atoms in total. The number of ketones is 1. The molecule has 2 unspecified atom stereocenters. The zero-order valence-electron chi connectivity index (χ0n) is 21.8. The number of Topliss-reactive ketones (excluding diaryl/α,β-unsaturated/α-hetero) is 1. The van der Waals surface area contributed by atoms with Crippen LogP contribution in [0.5, 0.6) is 0 Å². The van der Waals surface area contributed by atoms with E-state index in [1.165, 1.54) is 4.90 Å². The van der Waals surface area contributed by atoms with E-state index in [9.17, 15) is 28.8 Å². The van der Waals surface area contributed by atoms with Gasteiger partial charge < -0.3 is 31.3 Å². The summed E-state index contributed by atoms with van der Waals surface area (Å²) in [5.74, 6) is -2.82. The summed E-state index contributed by atoms with van der Waals surface area (Å²) in [4.78, 5) is 76.2.